The summed E-state index contributed by atoms with van der Waals surface area (Å²) in [6.07, 6.45) is 0. The Morgan fingerprint density at radius 2 is 2.21 bits per heavy atom. The maximum atomic E-state index is 12.5. The third-order valence-electron chi connectivity index (χ3n) is 3.90. The first kappa shape index (κ1) is 15.9. The van der Waals surface area contributed by atoms with Gasteiger partial charge in [-0.05, 0) is 32.0 Å². The molecule has 1 fully saturated rings. The molecular formula is C16H19N5O3. The van der Waals surface area contributed by atoms with Crippen LogP contribution in [0.15, 0.2) is 28.8 Å². The van der Waals surface area contributed by atoms with E-state index in [1.54, 1.807) is 44.0 Å². The molecule has 8 heteroatoms. The number of carbonyl (C=O) groups excluding carboxylic acids is 2. The Bertz CT molecular complexity index is 766. The number of aromatic nitrogens is 1. The van der Waals surface area contributed by atoms with Crippen LogP contribution in [0.25, 0.3) is 0 Å². The van der Waals surface area contributed by atoms with Crippen LogP contribution in [0.4, 0.5) is 26.7 Å². The van der Waals surface area contributed by atoms with Crippen molar-refractivity contribution in [3.05, 3.63) is 35.7 Å². The molecule has 3 rings (SSSR count). The number of benzene rings is 1. The summed E-state index contributed by atoms with van der Waals surface area (Å²) in [5.74, 6) is 0.577. The molecule has 0 spiro atoms. The fourth-order valence-electron chi connectivity index (χ4n) is 2.74. The molecule has 1 aliphatic heterocycles. The van der Waals surface area contributed by atoms with E-state index < -0.39 is 0 Å². The minimum Gasteiger partial charge on any atom is -0.359 e. The number of nitrogens with zero attached hydrogens (tertiary/aromatic N) is 3. The molecule has 126 valence electrons. The second-order valence-electron chi connectivity index (χ2n) is 5.60. The van der Waals surface area contributed by atoms with Crippen LogP contribution in [-0.4, -0.2) is 37.4 Å². The lowest BCUT2D eigenvalue weighted by molar-refractivity contribution is 0.252. The quantitative estimate of drug-likeness (QED) is 0.905. The number of carbonyl (C=O) groups is 2. The predicted molar refractivity (Wildman–Crippen MR) is 90.6 cm³/mol. The summed E-state index contributed by atoms with van der Waals surface area (Å²) in [4.78, 5) is 27.3. The molecule has 8 nitrogen and oxygen atoms in total. The summed E-state index contributed by atoms with van der Waals surface area (Å²) in [6, 6.07) is 6.73. The number of aryl methyl sites for hydroxylation is 2. The average molecular weight is 329 g/mol. The van der Waals surface area contributed by atoms with Gasteiger partial charge in [-0.1, -0.05) is 11.2 Å². The van der Waals surface area contributed by atoms with E-state index in [2.05, 4.69) is 15.8 Å². The van der Waals surface area contributed by atoms with Gasteiger partial charge >= 0.3 is 12.1 Å². The zero-order chi connectivity index (χ0) is 17.3. The van der Waals surface area contributed by atoms with Crippen LogP contribution in [0, 0.1) is 13.8 Å². The van der Waals surface area contributed by atoms with E-state index in [1.165, 1.54) is 4.90 Å². The first-order valence-corrected chi connectivity index (χ1v) is 7.60. The average Bonchev–Trinajstić information content (AvgIpc) is 3.12. The monoisotopic (exact) mass is 329 g/mol. The van der Waals surface area contributed by atoms with Gasteiger partial charge in [0.2, 0.25) is 0 Å². The zero-order valence-corrected chi connectivity index (χ0v) is 13.8. The minimum atomic E-state index is -0.313. The van der Waals surface area contributed by atoms with Crippen LogP contribution < -0.4 is 20.4 Å². The Morgan fingerprint density at radius 3 is 2.83 bits per heavy atom. The molecule has 2 N–H and O–H groups in total. The van der Waals surface area contributed by atoms with Crippen LogP contribution in [0.2, 0.25) is 0 Å². The van der Waals surface area contributed by atoms with Gasteiger partial charge in [0.05, 0.1) is 0 Å². The largest absolute Gasteiger partial charge is 0.359 e. The van der Waals surface area contributed by atoms with Gasteiger partial charge in [0.15, 0.2) is 5.76 Å². The lowest BCUT2D eigenvalue weighted by Gasteiger charge is -2.19. The van der Waals surface area contributed by atoms with Crippen molar-refractivity contribution in [3.8, 4) is 0 Å². The summed E-state index contributed by atoms with van der Waals surface area (Å²) >= 11 is 0. The summed E-state index contributed by atoms with van der Waals surface area (Å²) in [6.45, 7) is 4.76. The first-order valence-electron chi connectivity index (χ1n) is 7.60. The predicted octanol–water partition coefficient (Wildman–Crippen LogP) is 2.49. The lowest BCUT2D eigenvalue weighted by atomic mass is 10.2. The second-order valence-corrected chi connectivity index (χ2v) is 5.60. The minimum absolute atomic E-state index is 0.133. The summed E-state index contributed by atoms with van der Waals surface area (Å²) in [5, 5.41) is 9.43. The number of urea groups is 2. The van der Waals surface area contributed by atoms with Gasteiger partial charge in [0, 0.05) is 31.5 Å². The van der Waals surface area contributed by atoms with Crippen molar-refractivity contribution in [3.63, 3.8) is 0 Å². The Labute approximate surface area is 139 Å². The van der Waals surface area contributed by atoms with Crippen molar-refractivity contribution < 1.29 is 14.1 Å². The third kappa shape index (κ3) is 2.90. The summed E-state index contributed by atoms with van der Waals surface area (Å²) in [5.41, 5.74) is 2.63. The van der Waals surface area contributed by atoms with Gasteiger partial charge in [0.25, 0.3) is 0 Å². The number of rotatable bonds is 3. The molecule has 0 atom stereocenters. The smallest absolute Gasteiger partial charge is 0.326 e. The molecule has 0 aliphatic carbocycles. The zero-order valence-electron chi connectivity index (χ0n) is 13.8. The van der Waals surface area contributed by atoms with E-state index in [1.807, 2.05) is 6.07 Å². The van der Waals surface area contributed by atoms with E-state index >= 15 is 0 Å². The van der Waals surface area contributed by atoms with Crippen molar-refractivity contribution in [2.24, 2.45) is 0 Å². The maximum absolute atomic E-state index is 12.5. The Morgan fingerprint density at radius 1 is 1.42 bits per heavy atom. The Hall–Kier alpha value is -3.03. The topological polar surface area (TPSA) is 90.7 Å². The van der Waals surface area contributed by atoms with Crippen LogP contribution in [-0.2, 0) is 0 Å². The maximum Gasteiger partial charge on any atom is 0.326 e. The second kappa shape index (κ2) is 6.23. The van der Waals surface area contributed by atoms with E-state index in [9.17, 15) is 9.59 Å². The molecule has 24 heavy (non-hydrogen) atoms. The summed E-state index contributed by atoms with van der Waals surface area (Å²) in [7, 11) is 1.65. The van der Waals surface area contributed by atoms with E-state index in [0.717, 1.165) is 5.69 Å². The first-order chi connectivity index (χ1) is 11.5. The van der Waals surface area contributed by atoms with Crippen LogP contribution in [0.1, 0.15) is 11.5 Å². The van der Waals surface area contributed by atoms with Crippen LogP contribution >= 0.6 is 0 Å². The highest BCUT2D eigenvalue weighted by molar-refractivity contribution is 6.02. The van der Waals surface area contributed by atoms with Crippen molar-refractivity contribution >= 4 is 29.1 Å². The molecule has 2 aromatic rings. The molecule has 1 saturated heterocycles. The number of nitrogens with one attached hydrogen (secondary N) is 2. The van der Waals surface area contributed by atoms with Crippen molar-refractivity contribution in [1.82, 2.24) is 10.5 Å². The highest BCUT2D eigenvalue weighted by Gasteiger charge is 2.22. The van der Waals surface area contributed by atoms with Crippen molar-refractivity contribution in [2.75, 3.05) is 35.3 Å². The van der Waals surface area contributed by atoms with Crippen molar-refractivity contribution in [2.45, 2.75) is 13.8 Å². The van der Waals surface area contributed by atoms with Crippen molar-refractivity contribution in [1.29, 1.82) is 0 Å². The number of amides is 4. The highest BCUT2D eigenvalue weighted by atomic mass is 16.5. The molecule has 0 unspecified atom stereocenters. The fourth-order valence-corrected chi connectivity index (χ4v) is 2.74. The SMILES string of the molecule is Cc1noc(C)c1N(C)C(=O)Nc1cccc(N2CCNC2=O)c1. The molecule has 1 aliphatic rings. The molecule has 0 saturated carbocycles. The van der Waals surface area contributed by atoms with Gasteiger partial charge in [-0.25, -0.2) is 9.59 Å². The van der Waals surface area contributed by atoms with Gasteiger partial charge in [-0.3, -0.25) is 9.80 Å². The van der Waals surface area contributed by atoms with E-state index in [0.29, 0.717) is 35.9 Å². The molecule has 4 amide bonds. The Balaban J connectivity index is 1.76. The molecule has 1 aromatic heterocycles. The van der Waals surface area contributed by atoms with E-state index in [4.69, 9.17) is 4.52 Å². The van der Waals surface area contributed by atoms with Gasteiger partial charge < -0.3 is 15.2 Å². The molecule has 2 heterocycles. The number of hydrogen-bond acceptors (Lipinski definition) is 4. The molecule has 0 bridgehead atoms. The standard InChI is InChI=1S/C16H19N5O3/c1-10-14(11(2)24-19-10)20(3)16(23)18-12-5-4-6-13(9-12)21-8-7-17-15(21)22/h4-6,9H,7-8H2,1-3H3,(H,17,22)(H,18,23). The fraction of sp³-hybridized carbons (Fsp3) is 0.312. The van der Waals surface area contributed by atoms with Crippen LogP contribution in [0.5, 0.6) is 0 Å². The normalized spacial score (nSPS) is 13.8. The molecule has 0 radical (unpaired) electrons. The lowest BCUT2D eigenvalue weighted by Crippen LogP contribution is -2.32. The highest BCUT2D eigenvalue weighted by Crippen LogP contribution is 2.25. The van der Waals surface area contributed by atoms with Gasteiger partial charge in [-0.2, -0.15) is 0 Å². The van der Waals surface area contributed by atoms with Crippen LogP contribution in [0.3, 0.4) is 0 Å². The van der Waals surface area contributed by atoms with E-state index in [-0.39, 0.29) is 12.1 Å². The molecular weight excluding hydrogens is 310 g/mol. The number of hydrogen-bond donors (Lipinski definition) is 2. The third-order valence-corrected chi connectivity index (χ3v) is 3.90. The Kier molecular flexibility index (Phi) is 4.11. The number of anilines is 3. The van der Waals surface area contributed by atoms with Gasteiger partial charge in [-0.15, -0.1) is 0 Å². The molecule has 1 aromatic carbocycles. The van der Waals surface area contributed by atoms with Gasteiger partial charge in [0.1, 0.15) is 11.4 Å². The summed E-state index contributed by atoms with van der Waals surface area (Å²) < 4.78 is 5.09.